The van der Waals surface area contributed by atoms with Crippen molar-refractivity contribution in [1.82, 2.24) is 10.6 Å². The van der Waals surface area contributed by atoms with Crippen LogP contribution in [-0.2, 0) is 0 Å². The number of hydrogen-bond acceptors (Lipinski definition) is 2. The molecule has 2 heteroatoms. The van der Waals surface area contributed by atoms with E-state index in [9.17, 15) is 0 Å². The fourth-order valence-electron chi connectivity index (χ4n) is 1.54. The molecule has 2 heterocycles. The molecular formula is C6H12N2. The van der Waals surface area contributed by atoms with Crippen LogP contribution in [0, 0.1) is 5.92 Å². The van der Waals surface area contributed by atoms with E-state index in [0.717, 1.165) is 12.0 Å². The van der Waals surface area contributed by atoms with E-state index in [4.69, 9.17) is 0 Å². The Bertz CT molecular complexity index is 80.5. The predicted molar refractivity (Wildman–Crippen MR) is 32.8 cm³/mol. The van der Waals surface area contributed by atoms with Crippen LogP contribution < -0.4 is 10.6 Å². The van der Waals surface area contributed by atoms with Gasteiger partial charge in [0.2, 0.25) is 0 Å². The molecule has 2 N–H and O–H groups in total. The van der Waals surface area contributed by atoms with Gasteiger partial charge in [0.1, 0.15) is 0 Å². The molecule has 0 aliphatic carbocycles. The maximum Gasteiger partial charge on any atom is 0.0233 e. The Labute approximate surface area is 49.7 Å². The van der Waals surface area contributed by atoms with Gasteiger partial charge in [0.15, 0.2) is 0 Å². The Morgan fingerprint density at radius 3 is 2.62 bits per heavy atom. The largest absolute Gasteiger partial charge is 0.315 e. The standard InChI is InChI=1S/C6H12N2/c1-2-7-4-6-5(1)3-8-6/h5-8H,1-4H2/t5-,6+/m1/s1. The monoisotopic (exact) mass is 112 g/mol. The molecule has 0 unspecified atom stereocenters. The van der Waals surface area contributed by atoms with Crippen molar-refractivity contribution < 1.29 is 0 Å². The van der Waals surface area contributed by atoms with E-state index in [-0.39, 0.29) is 0 Å². The van der Waals surface area contributed by atoms with E-state index < -0.39 is 0 Å². The van der Waals surface area contributed by atoms with Gasteiger partial charge in [0.25, 0.3) is 0 Å². The summed E-state index contributed by atoms with van der Waals surface area (Å²) >= 11 is 0. The van der Waals surface area contributed by atoms with Crippen LogP contribution in [0.3, 0.4) is 0 Å². The second-order valence-corrected chi connectivity index (χ2v) is 2.77. The summed E-state index contributed by atoms with van der Waals surface area (Å²) in [5.74, 6) is 1.01. The normalized spacial score (nSPS) is 45.0. The van der Waals surface area contributed by atoms with Crippen LogP contribution in [0.15, 0.2) is 0 Å². The smallest absolute Gasteiger partial charge is 0.0233 e. The van der Waals surface area contributed by atoms with E-state index in [1.54, 1.807) is 0 Å². The lowest BCUT2D eigenvalue weighted by molar-refractivity contribution is 0.180. The second kappa shape index (κ2) is 1.71. The zero-order chi connectivity index (χ0) is 5.40. The Hall–Kier alpha value is -0.0800. The van der Waals surface area contributed by atoms with Crippen molar-refractivity contribution in [1.29, 1.82) is 0 Å². The molecule has 2 atom stereocenters. The molecule has 0 aromatic rings. The van der Waals surface area contributed by atoms with Crippen molar-refractivity contribution in [2.24, 2.45) is 5.92 Å². The molecule has 2 aliphatic heterocycles. The van der Waals surface area contributed by atoms with Crippen molar-refractivity contribution in [3.8, 4) is 0 Å². The summed E-state index contributed by atoms with van der Waals surface area (Å²) < 4.78 is 0. The predicted octanol–water partition coefficient (Wildman–Crippen LogP) is -0.432. The highest BCUT2D eigenvalue weighted by Crippen LogP contribution is 2.18. The van der Waals surface area contributed by atoms with Gasteiger partial charge in [-0.2, -0.15) is 0 Å². The number of fused-ring (bicyclic) bond motifs is 1. The Balaban J connectivity index is 1.92. The summed E-state index contributed by atoms with van der Waals surface area (Å²) in [6, 6.07) is 0.823. The molecule has 2 fully saturated rings. The number of hydrogen-bond donors (Lipinski definition) is 2. The van der Waals surface area contributed by atoms with Crippen LogP contribution in [0.2, 0.25) is 0 Å². The van der Waals surface area contributed by atoms with Crippen molar-refractivity contribution in [3.63, 3.8) is 0 Å². The summed E-state index contributed by atoms with van der Waals surface area (Å²) in [6.07, 6.45) is 1.39. The van der Waals surface area contributed by atoms with E-state index in [1.807, 2.05) is 0 Å². The Morgan fingerprint density at radius 1 is 1.25 bits per heavy atom. The molecule has 0 aromatic heterocycles. The van der Waals surface area contributed by atoms with Gasteiger partial charge in [-0.25, -0.2) is 0 Å². The summed E-state index contributed by atoms with van der Waals surface area (Å²) in [5, 5.41) is 6.74. The molecular weight excluding hydrogens is 100 g/mol. The first kappa shape index (κ1) is 4.77. The lowest BCUT2D eigenvalue weighted by Gasteiger charge is -2.41. The number of nitrogens with one attached hydrogen (secondary N) is 2. The maximum absolute atomic E-state index is 3.38. The quantitative estimate of drug-likeness (QED) is 0.444. The topological polar surface area (TPSA) is 24.1 Å². The molecule has 46 valence electrons. The van der Waals surface area contributed by atoms with Gasteiger partial charge < -0.3 is 10.6 Å². The summed E-state index contributed by atoms with van der Waals surface area (Å²) in [5.41, 5.74) is 0. The Morgan fingerprint density at radius 2 is 2.25 bits per heavy atom. The average Bonchev–Trinajstić information content (AvgIpc) is 1.72. The third-order valence-corrected chi connectivity index (χ3v) is 2.27. The number of rotatable bonds is 0. The lowest BCUT2D eigenvalue weighted by Crippen LogP contribution is -2.61. The van der Waals surface area contributed by atoms with Crippen molar-refractivity contribution in [3.05, 3.63) is 0 Å². The van der Waals surface area contributed by atoms with Crippen LogP contribution in [0.4, 0.5) is 0 Å². The molecule has 2 aliphatic rings. The van der Waals surface area contributed by atoms with E-state index >= 15 is 0 Å². The number of piperidine rings is 1. The van der Waals surface area contributed by atoms with E-state index in [1.165, 1.54) is 26.1 Å². The first-order valence-corrected chi connectivity index (χ1v) is 3.41. The highest BCUT2D eigenvalue weighted by atomic mass is 15.1. The van der Waals surface area contributed by atoms with Crippen LogP contribution >= 0.6 is 0 Å². The third-order valence-electron chi connectivity index (χ3n) is 2.27. The first-order valence-electron chi connectivity index (χ1n) is 3.41. The van der Waals surface area contributed by atoms with Crippen LogP contribution in [-0.4, -0.2) is 25.7 Å². The minimum atomic E-state index is 0.823. The molecule has 0 amide bonds. The van der Waals surface area contributed by atoms with Gasteiger partial charge in [-0.1, -0.05) is 0 Å². The highest BCUT2D eigenvalue weighted by Gasteiger charge is 2.31. The minimum Gasteiger partial charge on any atom is -0.315 e. The first-order chi connectivity index (χ1) is 3.97. The maximum atomic E-state index is 3.38. The third kappa shape index (κ3) is 0.565. The summed E-state index contributed by atoms with van der Waals surface area (Å²) in [4.78, 5) is 0. The van der Waals surface area contributed by atoms with E-state index in [0.29, 0.717) is 0 Å². The molecule has 2 saturated heterocycles. The van der Waals surface area contributed by atoms with Crippen LogP contribution in [0.5, 0.6) is 0 Å². The van der Waals surface area contributed by atoms with Crippen molar-refractivity contribution in [2.45, 2.75) is 12.5 Å². The van der Waals surface area contributed by atoms with Crippen LogP contribution in [0.25, 0.3) is 0 Å². The van der Waals surface area contributed by atoms with Gasteiger partial charge in [0, 0.05) is 12.6 Å². The molecule has 2 rings (SSSR count). The van der Waals surface area contributed by atoms with Gasteiger partial charge in [-0.15, -0.1) is 0 Å². The molecule has 0 spiro atoms. The fourth-order valence-corrected chi connectivity index (χ4v) is 1.54. The molecule has 8 heavy (non-hydrogen) atoms. The molecule has 0 saturated carbocycles. The molecule has 0 aromatic carbocycles. The lowest BCUT2D eigenvalue weighted by atomic mass is 9.86. The molecule has 2 nitrogen and oxygen atoms in total. The van der Waals surface area contributed by atoms with Crippen molar-refractivity contribution >= 4 is 0 Å². The van der Waals surface area contributed by atoms with E-state index in [2.05, 4.69) is 10.6 Å². The Kier molecular flexibility index (Phi) is 1.02. The summed E-state index contributed by atoms with van der Waals surface area (Å²) in [7, 11) is 0. The van der Waals surface area contributed by atoms with Crippen molar-refractivity contribution in [2.75, 3.05) is 19.6 Å². The van der Waals surface area contributed by atoms with Crippen LogP contribution in [0.1, 0.15) is 6.42 Å². The minimum absolute atomic E-state index is 0.823. The average molecular weight is 112 g/mol. The highest BCUT2D eigenvalue weighted by molar-refractivity contribution is 4.92. The molecule has 0 bridgehead atoms. The summed E-state index contributed by atoms with van der Waals surface area (Å²) in [6.45, 7) is 3.71. The SMILES string of the molecule is C1C[C@@H]2CN[C@H]2CN1. The van der Waals surface area contributed by atoms with Gasteiger partial charge >= 0.3 is 0 Å². The second-order valence-electron chi connectivity index (χ2n) is 2.77. The van der Waals surface area contributed by atoms with Gasteiger partial charge in [-0.3, -0.25) is 0 Å². The molecule has 0 radical (unpaired) electrons. The zero-order valence-electron chi connectivity index (χ0n) is 4.98. The van der Waals surface area contributed by atoms with Gasteiger partial charge in [-0.05, 0) is 25.4 Å². The zero-order valence-corrected chi connectivity index (χ0v) is 4.98. The van der Waals surface area contributed by atoms with Gasteiger partial charge in [0.05, 0.1) is 0 Å². The fraction of sp³-hybridized carbons (Fsp3) is 1.00.